The molecule has 10 nitrogen and oxygen atoms in total. The Morgan fingerprint density at radius 3 is 2.58 bits per heavy atom. The fraction of sp³-hybridized carbons (Fsp3) is 0.179. The van der Waals surface area contributed by atoms with Crippen molar-refractivity contribution >= 4 is 5.97 Å². The van der Waals surface area contributed by atoms with E-state index in [1.54, 1.807) is 42.3 Å². The monoisotopic (exact) mass is 515 g/mol. The van der Waals surface area contributed by atoms with Crippen LogP contribution in [0.15, 0.2) is 81.8 Å². The molecule has 0 radical (unpaired) electrons. The molecule has 5 rings (SSSR count). The number of methoxy groups -OCH3 is 1. The number of para-hydroxylation sites is 1. The van der Waals surface area contributed by atoms with E-state index in [1.165, 1.54) is 0 Å². The molecule has 2 aromatic carbocycles. The zero-order valence-corrected chi connectivity index (χ0v) is 20.8. The van der Waals surface area contributed by atoms with Crippen LogP contribution in [0.25, 0.3) is 17.3 Å². The van der Waals surface area contributed by atoms with Gasteiger partial charge in [0.05, 0.1) is 31.2 Å². The zero-order valence-electron chi connectivity index (χ0n) is 20.8. The number of furan rings is 1. The summed E-state index contributed by atoms with van der Waals surface area (Å²) in [5.41, 5.74) is 2.73. The van der Waals surface area contributed by atoms with Crippen LogP contribution in [0.3, 0.4) is 0 Å². The second kappa shape index (κ2) is 11.0. The van der Waals surface area contributed by atoms with Gasteiger partial charge in [-0.15, -0.1) is 5.10 Å². The van der Waals surface area contributed by atoms with Gasteiger partial charge in [0.2, 0.25) is 5.88 Å². The fourth-order valence-corrected chi connectivity index (χ4v) is 3.83. The highest BCUT2D eigenvalue weighted by Gasteiger charge is 2.16. The van der Waals surface area contributed by atoms with Gasteiger partial charge < -0.3 is 28.2 Å². The van der Waals surface area contributed by atoms with Crippen LogP contribution < -0.4 is 14.2 Å². The van der Waals surface area contributed by atoms with E-state index in [4.69, 9.17) is 23.0 Å². The van der Waals surface area contributed by atoms with Crippen molar-refractivity contribution in [1.82, 2.24) is 14.8 Å². The van der Waals surface area contributed by atoms with E-state index in [-0.39, 0.29) is 19.6 Å². The van der Waals surface area contributed by atoms with Gasteiger partial charge in [0.15, 0.2) is 17.3 Å². The Morgan fingerprint density at radius 2 is 1.84 bits per heavy atom. The fourth-order valence-electron chi connectivity index (χ4n) is 3.83. The molecule has 10 heteroatoms. The molecule has 0 amide bonds. The van der Waals surface area contributed by atoms with Crippen LogP contribution >= 0.6 is 0 Å². The quantitative estimate of drug-likeness (QED) is 0.252. The van der Waals surface area contributed by atoms with Crippen LogP contribution in [0.1, 0.15) is 22.7 Å². The van der Waals surface area contributed by atoms with Crippen molar-refractivity contribution in [3.63, 3.8) is 0 Å². The average Bonchev–Trinajstić information content (AvgIpc) is 3.67. The molecule has 0 aliphatic heterocycles. The highest BCUT2D eigenvalue weighted by atomic mass is 16.5. The number of hydrogen-bond acceptors (Lipinski definition) is 8. The molecule has 3 heterocycles. The first-order valence-electron chi connectivity index (χ1n) is 11.8. The highest BCUT2D eigenvalue weighted by Crippen LogP contribution is 2.30. The molecule has 0 saturated heterocycles. The summed E-state index contributed by atoms with van der Waals surface area (Å²) in [6.07, 6.45) is 1.38. The lowest BCUT2D eigenvalue weighted by molar-refractivity contribution is -0.136. The van der Waals surface area contributed by atoms with Gasteiger partial charge in [-0.3, -0.25) is 4.79 Å². The second-order valence-corrected chi connectivity index (χ2v) is 8.35. The van der Waals surface area contributed by atoms with Gasteiger partial charge in [-0.25, -0.2) is 9.67 Å². The Labute approximate surface area is 218 Å². The van der Waals surface area contributed by atoms with Gasteiger partial charge in [-0.1, -0.05) is 24.3 Å². The molecule has 1 N–H and O–H groups in total. The Balaban J connectivity index is 1.26. The summed E-state index contributed by atoms with van der Waals surface area (Å²) in [6.45, 7) is 2.20. The molecule has 0 atom stereocenters. The highest BCUT2D eigenvalue weighted by molar-refractivity contribution is 5.70. The van der Waals surface area contributed by atoms with Gasteiger partial charge in [0.1, 0.15) is 24.7 Å². The van der Waals surface area contributed by atoms with Gasteiger partial charge in [-0.2, -0.15) is 0 Å². The number of ether oxygens (including phenoxy) is 3. The predicted octanol–water partition coefficient (Wildman–Crippen LogP) is 5.22. The van der Waals surface area contributed by atoms with Crippen molar-refractivity contribution in [2.45, 2.75) is 26.6 Å². The summed E-state index contributed by atoms with van der Waals surface area (Å²) >= 11 is 0. The zero-order chi connectivity index (χ0) is 26.5. The predicted molar refractivity (Wildman–Crippen MR) is 136 cm³/mol. The summed E-state index contributed by atoms with van der Waals surface area (Å²) in [7, 11) is 1.56. The molecule has 3 aromatic heterocycles. The Bertz CT molecular complexity index is 1520. The number of carboxylic acid groups (broad SMARTS) is 1. The van der Waals surface area contributed by atoms with Crippen molar-refractivity contribution in [3.05, 3.63) is 95.7 Å². The number of rotatable bonds is 11. The van der Waals surface area contributed by atoms with E-state index in [9.17, 15) is 9.90 Å². The van der Waals surface area contributed by atoms with E-state index >= 15 is 0 Å². The lowest BCUT2D eigenvalue weighted by Gasteiger charge is -2.12. The molecule has 0 fully saturated rings. The minimum Gasteiger partial charge on any atom is -0.493 e. The van der Waals surface area contributed by atoms with E-state index in [2.05, 4.69) is 10.1 Å². The average molecular weight is 516 g/mol. The Kier molecular flexibility index (Phi) is 7.12. The van der Waals surface area contributed by atoms with Crippen molar-refractivity contribution in [3.8, 4) is 34.7 Å². The lowest BCUT2D eigenvalue weighted by atomic mass is 10.2. The Morgan fingerprint density at radius 1 is 1.00 bits per heavy atom. The lowest BCUT2D eigenvalue weighted by Crippen LogP contribution is -2.07. The first-order chi connectivity index (χ1) is 18.5. The smallest absolute Gasteiger partial charge is 0.309 e. The molecule has 5 aromatic rings. The third-order valence-corrected chi connectivity index (χ3v) is 5.70. The molecular formula is C28H25N3O7. The van der Waals surface area contributed by atoms with E-state index in [1.807, 2.05) is 49.4 Å². The maximum atomic E-state index is 11.3. The minimum absolute atomic E-state index is 0.181. The standard InChI is InChI=1S/C28H25N3O7/c1-18-22(29-28(38-18)24-9-6-12-35-24)17-36-23-11-10-19(13-25(23)34-2)16-37-26-14-21(15-27(32)33)31(30-26)20-7-4-3-5-8-20/h3-14H,15-17H2,1-2H3,(H,32,33). The molecule has 0 aliphatic carbocycles. The van der Waals surface area contributed by atoms with Gasteiger partial charge in [-0.05, 0) is 48.9 Å². The largest absolute Gasteiger partial charge is 0.493 e. The van der Waals surface area contributed by atoms with Crippen molar-refractivity contribution in [1.29, 1.82) is 0 Å². The molecule has 0 unspecified atom stereocenters. The summed E-state index contributed by atoms with van der Waals surface area (Å²) in [5, 5.41) is 13.7. The van der Waals surface area contributed by atoms with Crippen LogP contribution in [0.4, 0.5) is 0 Å². The van der Waals surface area contributed by atoms with E-state index < -0.39 is 5.97 Å². The Hall–Kier alpha value is -4.99. The van der Waals surface area contributed by atoms with Gasteiger partial charge in [0, 0.05) is 6.07 Å². The molecule has 0 bridgehead atoms. The van der Waals surface area contributed by atoms with Crippen LogP contribution in [0.5, 0.6) is 17.4 Å². The molecule has 194 valence electrons. The van der Waals surface area contributed by atoms with Crippen molar-refractivity contribution in [2.24, 2.45) is 0 Å². The topological polar surface area (TPSA) is 122 Å². The number of carboxylic acids is 1. The molecule has 0 aliphatic rings. The molecule has 38 heavy (non-hydrogen) atoms. The summed E-state index contributed by atoms with van der Waals surface area (Å²) in [4.78, 5) is 15.8. The summed E-state index contributed by atoms with van der Waals surface area (Å²) in [6, 6.07) is 19.9. The minimum atomic E-state index is -0.952. The van der Waals surface area contributed by atoms with E-state index in [0.29, 0.717) is 46.2 Å². The van der Waals surface area contributed by atoms with Gasteiger partial charge in [0.25, 0.3) is 5.89 Å². The van der Waals surface area contributed by atoms with Crippen LogP contribution in [-0.2, 0) is 24.4 Å². The summed E-state index contributed by atoms with van der Waals surface area (Å²) < 4.78 is 30.0. The number of aromatic nitrogens is 3. The molecule has 0 saturated carbocycles. The van der Waals surface area contributed by atoms with Crippen molar-refractivity contribution in [2.75, 3.05) is 7.11 Å². The molecular weight excluding hydrogens is 490 g/mol. The number of aliphatic carboxylic acids is 1. The third kappa shape index (κ3) is 5.54. The number of carbonyl (C=O) groups is 1. The maximum absolute atomic E-state index is 11.3. The van der Waals surface area contributed by atoms with Crippen LogP contribution in [0, 0.1) is 6.92 Å². The SMILES string of the molecule is COc1cc(COc2cc(CC(=O)O)n(-c3ccccc3)n2)ccc1OCc1nc(-c2ccco2)oc1C. The number of hydrogen-bond donors (Lipinski definition) is 1. The second-order valence-electron chi connectivity index (χ2n) is 8.35. The first kappa shape index (κ1) is 24.7. The first-order valence-corrected chi connectivity index (χ1v) is 11.8. The van der Waals surface area contributed by atoms with Gasteiger partial charge >= 0.3 is 5.97 Å². The number of nitrogens with zero attached hydrogens (tertiary/aromatic N) is 3. The number of aryl methyl sites for hydroxylation is 1. The normalized spacial score (nSPS) is 10.9. The number of benzene rings is 2. The van der Waals surface area contributed by atoms with Crippen LogP contribution in [0.2, 0.25) is 0 Å². The van der Waals surface area contributed by atoms with Crippen LogP contribution in [-0.4, -0.2) is 33.0 Å². The van der Waals surface area contributed by atoms with E-state index in [0.717, 1.165) is 11.3 Å². The molecule has 0 spiro atoms. The van der Waals surface area contributed by atoms with Crippen molar-refractivity contribution < 1.29 is 32.9 Å². The maximum Gasteiger partial charge on any atom is 0.309 e. The third-order valence-electron chi connectivity index (χ3n) is 5.70. The summed E-state index contributed by atoms with van der Waals surface area (Å²) in [5.74, 6) is 2.01. The number of oxazole rings is 1.